The van der Waals surface area contributed by atoms with E-state index in [1.165, 1.54) is 25.3 Å². The number of carbonyl (C=O) groups is 1. The molecule has 1 fully saturated rings. The highest BCUT2D eigenvalue weighted by Crippen LogP contribution is 2.35. The Morgan fingerprint density at radius 3 is 3.00 bits per heavy atom. The van der Waals surface area contributed by atoms with Crippen LogP contribution in [0.4, 0.5) is 4.39 Å². The van der Waals surface area contributed by atoms with Crippen molar-refractivity contribution in [3.63, 3.8) is 0 Å². The number of rotatable bonds is 5. The average Bonchev–Trinajstić information content (AvgIpc) is 3.23. The maximum absolute atomic E-state index is 13.5. The zero-order valence-corrected chi connectivity index (χ0v) is 13.7. The molecule has 1 aliphatic rings. The Kier molecular flexibility index (Phi) is 4.53. The lowest BCUT2D eigenvalue weighted by Gasteiger charge is -2.27. The van der Waals surface area contributed by atoms with Crippen LogP contribution in [0.1, 0.15) is 28.8 Å². The molecule has 0 aliphatic carbocycles. The van der Waals surface area contributed by atoms with Gasteiger partial charge in [-0.3, -0.25) is 9.48 Å². The van der Waals surface area contributed by atoms with Gasteiger partial charge in [0, 0.05) is 31.0 Å². The zero-order chi connectivity index (χ0) is 17.2. The fraction of sp³-hybridized carbons (Fsp3) is 0.412. The number of carbonyl (C=O) groups excluding carboxylic acids is 1. The highest BCUT2D eigenvalue weighted by atomic mass is 19.1. The maximum atomic E-state index is 13.5. The average molecular weight is 333 g/mol. The first-order chi connectivity index (χ1) is 11.5. The Labute approximate surface area is 139 Å². The Morgan fingerprint density at radius 1 is 1.54 bits per heavy atom. The van der Waals surface area contributed by atoms with Gasteiger partial charge in [0.15, 0.2) is 11.6 Å². The first-order valence-electron chi connectivity index (χ1n) is 7.79. The normalized spacial score (nSPS) is 20.1. The van der Waals surface area contributed by atoms with Crippen molar-refractivity contribution in [2.75, 3.05) is 20.3 Å². The molecule has 2 heterocycles. The summed E-state index contributed by atoms with van der Waals surface area (Å²) in [4.78, 5) is 12.4. The van der Waals surface area contributed by atoms with Crippen molar-refractivity contribution in [3.8, 4) is 5.75 Å². The van der Waals surface area contributed by atoms with Crippen molar-refractivity contribution >= 4 is 5.91 Å². The van der Waals surface area contributed by atoms with Gasteiger partial charge in [0.1, 0.15) is 5.60 Å². The van der Waals surface area contributed by atoms with Crippen LogP contribution in [0.5, 0.6) is 5.75 Å². The second-order valence-corrected chi connectivity index (χ2v) is 5.88. The van der Waals surface area contributed by atoms with Crippen molar-refractivity contribution < 1.29 is 18.7 Å². The summed E-state index contributed by atoms with van der Waals surface area (Å²) in [5.41, 5.74) is 0.723. The Morgan fingerprint density at radius 2 is 2.38 bits per heavy atom. The number of aryl methyl sites for hydroxylation is 1. The lowest BCUT2D eigenvalue weighted by Crippen LogP contribution is -2.40. The molecule has 128 valence electrons. The quantitative estimate of drug-likeness (QED) is 0.909. The summed E-state index contributed by atoms with van der Waals surface area (Å²) < 4.78 is 26.0. The first-order valence-corrected chi connectivity index (χ1v) is 7.79. The van der Waals surface area contributed by atoms with Crippen LogP contribution in [0.15, 0.2) is 30.6 Å². The predicted molar refractivity (Wildman–Crippen MR) is 85.4 cm³/mol. The molecule has 3 rings (SSSR count). The number of nitrogens with one attached hydrogen (secondary N) is 1. The molecule has 1 aromatic heterocycles. The number of halogens is 1. The summed E-state index contributed by atoms with van der Waals surface area (Å²) in [5, 5.41) is 7.07. The van der Waals surface area contributed by atoms with E-state index in [-0.39, 0.29) is 11.7 Å². The van der Waals surface area contributed by atoms with E-state index < -0.39 is 11.4 Å². The van der Waals surface area contributed by atoms with Gasteiger partial charge in [-0.1, -0.05) is 0 Å². The van der Waals surface area contributed by atoms with E-state index in [1.54, 1.807) is 10.9 Å². The highest BCUT2D eigenvalue weighted by Gasteiger charge is 2.38. The summed E-state index contributed by atoms with van der Waals surface area (Å²) >= 11 is 0. The minimum Gasteiger partial charge on any atom is -0.494 e. The standard InChI is InChI=1S/C17H20FN3O3/c1-21-10-13(9-20-21)17(6-3-7-24-17)11-19-16(22)12-4-5-14(18)15(8-12)23-2/h4-5,8-10H,3,6-7,11H2,1-2H3,(H,19,22)/t17-/m1/s1. The van der Waals surface area contributed by atoms with Crippen LogP contribution < -0.4 is 10.1 Å². The van der Waals surface area contributed by atoms with Gasteiger partial charge in [-0.05, 0) is 31.0 Å². The fourth-order valence-electron chi connectivity index (χ4n) is 2.95. The minimum atomic E-state index is -0.561. The van der Waals surface area contributed by atoms with Crippen molar-refractivity contribution in [2.24, 2.45) is 7.05 Å². The molecule has 0 radical (unpaired) electrons. The van der Waals surface area contributed by atoms with E-state index in [2.05, 4.69) is 10.4 Å². The molecule has 0 saturated carbocycles. The molecule has 24 heavy (non-hydrogen) atoms. The number of hydrogen-bond acceptors (Lipinski definition) is 4. The van der Waals surface area contributed by atoms with Crippen molar-refractivity contribution in [2.45, 2.75) is 18.4 Å². The third-order valence-electron chi connectivity index (χ3n) is 4.28. The molecule has 2 aromatic rings. The second kappa shape index (κ2) is 6.60. The summed E-state index contributed by atoms with van der Waals surface area (Å²) in [7, 11) is 3.21. The van der Waals surface area contributed by atoms with E-state index in [0.29, 0.717) is 18.7 Å². The molecule has 1 atom stereocenters. The van der Waals surface area contributed by atoms with Crippen LogP contribution in [-0.4, -0.2) is 35.9 Å². The maximum Gasteiger partial charge on any atom is 0.251 e. The van der Waals surface area contributed by atoms with Crippen molar-refractivity contribution in [3.05, 3.63) is 47.5 Å². The van der Waals surface area contributed by atoms with Gasteiger partial charge >= 0.3 is 0 Å². The minimum absolute atomic E-state index is 0.0433. The third-order valence-corrected chi connectivity index (χ3v) is 4.28. The van der Waals surface area contributed by atoms with E-state index in [9.17, 15) is 9.18 Å². The molecule has 1 aliphatic heterocycles. The smallest absolute Gasteiger partial charge is 0.251 e. The second-order valence-electron chi connectivity index (χ2n) is 5.88. The van der Waals surface area contributed by atoms with Gasteiger partial charge in [0.05, 0.1) is 19.9 Å². The Balaban J connectivity index is 1.74. The van der Waals surface area contributed by atoms with Crippen LogP contribution in [0, 0.1) is 5.82 Å². The highest BCUT2D eigenvalue weighted by molar-refractivity contribution is 5.94. The van der Waals surface area contributed by atoms with Crippen LogP contribution in [0.3, 0.4) is 0 Å². The van der Waals surface area contributed by atoms with Gasteiger partial charge in [0.2, 0.25) is 0 Å². The SMILES string of the molecule is COc1cc(C(=O)NC[C@@]2(c3cnn(C)c3)CCCO2)ccc1F. The first kappa shape index (κ1) is 16.4. The van der Waals surface area contributed by atoms with Gasteiger partial charge in [-0.25, -0.2) is 4.39 Å². The number of benzene rings is 1. The van der Waals surface area contributed by atoms with Crippen LogP contribution in [0.2, 0.25) is 0 Å². The molecule has 1 N–H and O–H groups in total. The topological polar surface area (TPSA) is 65.4 Å². The number of ether oxygens (including phenoxy) is 2. The fourth-order valence-corrected chi connectivity index (χ4v) is 2.95. The summed E-state index contributed by atoms with van der Waals surface area (Å²) in [5.74, 6) is -0.756. The summed E-state index contributed by atoms with van der Waals surface area (Å²) in [6, 6.07) is 4.03. The lowest BCUT2D eigenvalue weighted by atomic mass is 9.93. The monoisotopic (exact) mass is 333 g/mol. The molecule has 1 saturated heterocycles. The van der Waals surface area contributed by atoms with Crippen molar-refractivity contribution in [1.29, 1.82) is 0 Å². The van der Waals surface area contributed by atoms with Crippen molar-refractivity contribution in [1.82, 2.24) is 15.1 Å². The number of methoxy groups -OCH3 is 1. The molecule has 1 amide bonds. The molecular formula is C17H20FN3O3. The van der Waals surface area contributed by atoms with E-state index in [0.717, 1.165) is 18.4 Å². The van der Waals surface area contributed by atoms with Gasteiger partial charge in [-0.15, -0.1) is 0 Å². The summed E-state index contributed by atoms with van der Waals surface area (Å²) in [6.45, 7) is 0.979. The van der Waals surface area contributed by atoms with E-state index in [1.807, 2.05) is 13.2 Å². The molecule has 6 nitrogen and oxygen atoms in total. The van der Waals surface area contributed by atoms with Crippen LogP contribution >= 0.6 is 0 Å². The number of aromatic nitrogens is 2. The molecule has 0 spiro atoms. The molecular weight excluding hydrogens is 313 g/mol. The number of amides is 1. The van der Waals surface area contributed by atoms with E-state index >= 15 is 0 Å². The lowest BCUT2D eigenvalue weighted by molar-refractivity contribution is 0.00129. The summed E-state index contributed by atoms with van der Waals surface area (Å²) in [6.07, 6.45) is 5.40. The Hall–Kier alpha value is -2.41. The van der Waals surface area contributed by atoms with Gasteiger partial charge < -0.3 is 14.8 Å². The molecule has 0 bridgehead atoms. The van der Waals surface area contributed by atoms with Gasteiger partial charge in [-0.2, -0.15) is 5.10 Å². The van der Waals surface area contributed by atoms with Gasteiger partial charge in [0.25, 0.3) is 5.91 Å². The zero-order valence-electron chi connectivity index (χ0n) is 13.7. The predicted octanol–water partition coefficient (Wildman–Crippen LogP) is 2.00. The molecule has 1 aromatic carbocycles. The van der Waals surface area contributed by atoms with Crippen LogP contribution in [-0.2, 0) is 17.4 Å². The molecule has 7 heteroatoms. The van der Waals surface area contributed by atoms with Crippen LogP contribution in [0.25, 0.3) is 0 Å². The van der Waals surface area contributed by atoms with E-state index in [4.69, 9.17) is 9.47 Å². The Bertz CT molecular complexity index is 738. The molecule has 0 unspecified atom stereocenters. The largest absolute Gasteiger partial charge is 0.494 e. The number of hydrogen-bond donors (Lipinski definition) is 1. The third kappa shape index (κ3) is 3.12. The number of nitrogens with zero attached hydrogens (tertiary/aromatic N) is 2.